The van der Waals surface area contributed by atoms with Gasteiger partial charge < -0.3 is 20.1 Å². The lowest BCUT2D eigenvalue weighted by Gasteiger charge is -2.21. The summed E-state index contributed by atoms with van der Waals surface area (Å²) < 4.78 is 10.3. The molecule has 0 aromatic rings. The molecule has 0 aliphatic carbocycles. The van der Waals surface area contributed by atoms with Crippen LogP contribution in [0.15, 0.2) is 0 Å². The molecule has 2 N–H and O–H groups in total. The Labute approximate surface area is 96.7 Å². The lowest BCUT2D eigenvalue weighted by Crippen LogP contribution is -2.44. The maximum Gasteiger partial charge on any atom is 0.166 e. The number of hydrogen-bond acceptors (Lipinski definition) is 3. The molecule has 1 aliphatic rings. The van der Waals surface area contributed by atoms with E-state index >= 15 is 0 Å². The molecule has 88 valence electrons. The van der Waals surface area contributed by atoms with Crippen molar-refractivity contribution in [2.75, 3.05) is 33.5 Å². The number of rotatable bonds is 5. The van der Waals surface area contributed by atoms with Gasteiger partial charge in [0.1, 0.15) is 0 Å². The van der Waals surface area contributed by atoms with Gasteiger partial charge in [-0.1, -0.05) is 0 Å². The Hall–Kier alpha value is -0.390. The summed E-state index contributed by atoms with van der Waals surface area (Å²) in [5.74, 6) is 0.576. The van der Waals surface area contributed by atoms with Gasteiger partial charge in [-0.25, -0.2) is 0 Å². The highest BCUT2D eigenvalue weighted by atomic mass is 32.1. The highest BCUT2D eigenvalue weighted by Gasteiger charge is 2.22. The lowest BCUT2D eigenvalue weighted by molar-refractivity contribution is 0.180. The molecule has 15 heavy (non-hydrogen) atoms. The Bertz CT molecular complexity index is 196. The van der Waals surface area contributed by atoms with Crippen molar-refractivity contribution in [2.45, 2.75) is 19.4 Å². The first-order chi connectivity index (χ1) is 7.24. The minimum atomic E-state index is 0.370. The Morgan fingerprint density at radius 1 is 1.67 bits per heavy atom. The molecule has 0 aromatic heterocycles. The fraction of sp³-hybridized carbons (Fsp3) is 0.900. The molecule has 0 radical (unpaired) electrons. The topological polar surface area (TPSA) is 42.5 Å². The average molecular weight is 232 g/mol. The summed E-state index contributed by atoms with van der Waals surface area (Å²) in [5.41, 5.74) is 0. The van der Waals surface area contributed by atoms with Crippen LogP contribution in [0.5, 0.6) is 0 Å². The molecular formula is C10H20N2O2S. The molecule has 0 spiro atoms. The maximum absolute atomic E-state index is 5.33. The summed E-state index contributed by atoms with van der Waals surface area (Å²) in [4.78, 5) is 0. The quantitative estimate of drug-likeness (QED) is 0.534. The van der Waals surface area contributed by atoms with Crippen molar-refractivity contribution in [1.29, 1.82) is 0 Å². The van der Waals surface area contributed by atoms with Crippen molar-refractivity contribution >= 4 is 17.3 Å². The lowest BCUT2D eigenvalue weighted by atomic mass is 10.0. The predicted octanol–water partition coefficient (Wildman–Crippen LogP) is 0.522. The molecule has 1 fully saturated rings. The first-order valence-corrected chi connectivity index (χ1v) is 5.76. The normalized spacial score (nSPS) is 22.4. The molecule has 2 atom stereocenters. The molecule has 0 amide bonds. The molecule has 2 unspecified atom stereocenters. The van der Waals surface area contributed by atoms with Crippen molar-refractivity contribution in [1.82, 2.24) is 10.6 Å². The van der Waals surface area contributed by atoms with Crippen molar-refractivity contribution < 1.29 is 9.47 Å². The van der Waals surface area contributed by atoms with E-state index in [-0.39, 0.29) is 0 Å². The number of thiocarbonyl (C=S) groups is 1. The number of ether oxygens (including phenoxy) is 2. The van der Waals surface area contributed by atoms with Crippen LogP contribution >= 0.6 is 12.2 Å². The van der Waals surface area contributed by atoms with Gasteiger partial charge in [-0.15, -0.1) is 0 Å². The second-order valence-electron chi connectivity index (χ2n) is 3.81. The van der Waals surface area contributed by atoms with E-state index < -0.39 is 0 Å². The fourth-order valence-corrected chi connectivity index (χ4v) is 1.88. The third kappa shape index (κ3) is 4.77. The molecule has 5 heteroatoms. The van der Waals surface area contributed by atoms with Gasteiger partial charge in [-0.3, -0.25) is 0 Å². The number of methoxy groups -OCH3 is 1. The summed E-state index contributed by atoms with van der Waals surface area (Å²) in [6.07, 6.45) is 1.12. The van der Waals surface area contributed by atoms with E-state index in [1.54, 1.807) is 7.11 Å². The minimum absolute atomic E-state index is 0.370. The first-order valence-electron chi connectivity index (χ1n) is 5.35. The third-order valence-corrected chi connectivity index (χ3v) is 2.88. The molecule has 1 aliphatic heterocycles. The van der Waals surface area contributed by atoms with Gasteiger partial charge in [0.15, 0.2) is 5.11 Å². The maximum atomic E-state index is 5.33. The van der Waals surface area contributed by atoms with Gasteiger partial charge in [0, 0.05) is 32.2 Å². The highest BCUT2D eigenvalue weighted by Crippen LogP contribution is 2.15. The van der Waals surface area contributed by atoms with Crippen molar-refractivity contribution in [3.63, 3.8) is 0 Å². The first kappa shape index (κ1) is 12.7. The van der Waals surface area contributed by atoms with Gasteiger partial charge in [0.25, 0.3) is 0 Å². The van der Waals surface area contributed by atoms with E-state index in [1.165, 1.54) is 0 Å². The van der Waals surface area contributed by atoms with Crippen LogP contribution in [0, 0.1) is 5.92 Å². The van der Waals surface area contributed by atoms with E-state index in [0.29, 0.717) is 23.7 Å². The largest absolute Gasteiger partial charge is 0.383 e. The van der Waals surface area contributed by atoms with E-state index in [1.807, 2.05) is 0 Å². The minimum Gasteiger partial charge on any atom is -0.383 e. The smallest absolute Gasteiger partial charge is 0.166 e. The zero-order valence-electron chi connectivity index (χ0n) is 9.41. The molecule has 0 bridgehead atoms. The molecule has 4 nitrogen and oxygen atoms in total. The van der Waals surface area contributed by atoms with Crippen LogP contribution in [0.4, 0.5) is 0 Å². The Balaban J connectivity index is 2.13. The van der Waals surface area contributed by atoms with Crippen LogP contribution in [-0.4, -0.2) is 44.6 Å². The fourth-order valence-electron chi connectivity index (χ4n) is 1.59. The highest BCUT2D eigenvalue weighted by molar-refractivity contribution is 7.80. The van der Waals surface area contributed by atoms with Crippen LogP contribution in [0.25, 0.3) is 0 Å². The van der Waals surface area contributed by atoms with Gasteiger partial charge >= 0.3 is 0 Å². The Morgan fingerprint density at radius 2 is 2.47 bits per heavy atom. The predicted molar refractivity (Wildman–Crippen MR) is 64.0 cm³/mol. The van der Waals surface area contributed by atoms with Crippen molar-refractivity contribution in [3.05, 3.63) is 0 Å². The van der Waals surface area contributed by atoms with E-state index in [9.17, 15) is 0 Å². The van der Waals surface area contributed by atoms with Gasteiger partial charge in [0.2, 0.25) is 0 Å². The van der Waals surface area contributed by atoms with Crippen LogP contribution in [0.3, 0.4) is 0 Å². The van der Waals surface area contributed by atoms with Gasteiger partial charge in [-0.05, 0) is 25.6 Å². The van der Waals surface area contributed by atoms with Gasteiger partial charge in [-0.2, -0.15) is 0 Å². The summed E-state index contributed by atoms with van der Waals surface area (Å²) in [6, 6.07) is 0.370. The van der Waals surface area contributed by atoms with E-state index in [0.717, 1.165) is 26.2 Å². The zero-order chi connectivity index (χ0) is 11.1. The number of hydrogen-bond donors (Lipinski definition) is 2. The zero-order valence-corrected chi connectivity index (χ0v) is 10.2. The summed E-state index contributed by atoms with van der Waals surface area (Å²) in [6.45, 7) is 5.28. The molecule has 1 saturated heterocycles. The van der Waals surface area contributed by atoms with Crippen LogP contribution in [0.2, 0.25) is 0 Å². The molecule has 0 saturated carbocycles. The monoisotopic (exact) mass is 232 g/mol. The van der Waals surface area contributed by atoms with Crippen molar-refractivity contribution in [3.8, 4) is 0 Å². The Kier molecular flexibility index (Phi) is 5.90. The number of nitrogens with one attached hydrogen (secondary N) is 2. The molecule has 0 aromatic carbocycles. The third-order valence-electron chi connectivity index (χ3n) is 2.62. The SMILES string of the molecule is COCCNC(=S)NC(C)C1CCOC1. The standard InChI is InChI=1S/C10H20N2O2S/c1-8(9-3-5-14-7-9)12-10(15)11-4-6-13-2/h8-9H,3-7H2,1-2H3,(H2,11,12,15). The summed E-state index contributed by atoms with van der Waals surface area (Å²) >= 11 is 5.16. The second-order valence-corrected chi connectivity index (χ2v) is 4.21. The van der Waals surface area contributed by atoms with Crippen LogP contribution < -0.4 is 10.6 Å². The van der Waals surface area contributed by atoms with E-state index in [2.05, 4.69) is 17.6 Å². The molecule has 1 heterocycles. The average Bonchev–Trinajstić information content (AvgIpc) is 2.70. The summed E-state index contributed by atoms with van der Waals surface area (Å²) in [7, 11) is 1.68. The molecule has 1 rings (SSSR count). The Morgan fingerprint density at radius 3 is 3.07 bits per heavy atom. The van der Waals surface area contributed by atoms with Crippen LogP contribution in [0.1, 0.15) is 13.3 Å². The van der Waals surface area contributed by atoms with Gasteiger partial charge in [0.05, 0.1) is 13.2 Å². The molecular weight excluding hydrogens is 212 g/mol. The van der Waals surface area contributed by atoms with Crippen LogP contribution in [-0.2, 0) is 9.47 Å². The van der Waals surface area contributed by atoms with E-state index in [4.69, 9.17) is 21.7 Å². The van der Waals surface area contributed by atoms with Crippen molar-refractivity contribution in [2.24, 2.45) is 5.92 Å². The second kappa shape index (κ2) is 6.98. The summed E-state index contributed by atoms with van der Waals surface area (Å²) in [5, 5.41) is 7.06.